The molecule has 5 nitrogen and oxygen atoms in total. The first-order chi connectivity index (χ1) is 11.7. The summed E-state index contributed by atoms with van der Waals surface area (Å²) in [5.74, 6) is 2.50. The largest absolute Gasteiger partial charge is 0.493 e. The maximum Gasteiger partial charge on any atom is 0.165 e. The number of methoxy groups -OCH3 is 2. The molecule has 1 saturated heterocycles. The number of rotatable bonds is 4. The zero-order valence-electron chi connectivity index (χ0n) is 14.5. The van der Waals surface area contributed by atoms with Crippen LogP contribution in [0.4, 0.5) is 0 Å². The van der Waals surface area contributed by atoms with Gasteiger partial charge in [-0.25, -0.2) is 9.97 Å². The van der Waals surface area contributed by atoms with Crippen molar-refractivity contribution in [1.29, 1.82) is 0 Å². The molecule has 2 aliphatic rings. The summed E-state index contributed by atoms with van der Waals surface area (Å²) in [6.07, 6.45) is 5.43. The van der Waals surface area contributed by atoms with Gasteiger partial charge >= 0.3 is 0 Å². The van der Waals surface area contributed by atoms with Crippen molar-refractivity contribution >= 4 is 0 Å². The van der Waals surface area contributed by atoms with Crippen molar-refractivity contribution in [1.82, 2.24) is 14.9 Å². The minimum absolute atomic E-state index is 0.412. The summed E-state index contributed by atoms with van der Waals surface area (Å²) in [7, 11) is 3.39. The Labute approximate surface area is 142 Å². The molecule has 1 aromatic carbocycles. The van der Waals surface area contributed by atoms with E-state index in [1.807, 2.05) is 25.3 Å². The number of hydrogen-bond donors (Lipinski definition) is 0. The lowest BCUT2D eigenvalue weighted by atomic mass is 9.98. The van der Waals surface area contributed by atoms with Gasteiger partial charge in [0.05, 0.1) is 19.9 Å². The van der Waals surface area contributed by atoms with Gasteiger partial charge in [-0.05, 0) is 25.8 Å². The highest BCUT2D eigenvalue weighted by Crippen LogP contribution is 2.44. The Kier molecular flexibility index (Phi) is 3.88. The molecule has 4 rings (SSSR count). The van der Waals surface area contributed by atoms with Crippen LogP contribution >= 0.6 is 0 Å². The SMILES string of the molecule is COc1cccc(CN2[C@H]3CC[C@H]2c2cnc(C)nc2C3)c1OC. The minimum Gasteiger partial charge on any atom is -0.493 e. The number of aromatic nitrogens is 2. The van der Waals surface area contributed by atoms with Gasteiger partial charge in [-0.2, -0.15) is 0 Å². The number of aryl methyl sites for hydroxylation is 1. The Bertz CT molecular complexity index is 762. The van der Waals surface area contributed by atoms with E-state index in [1.54, 1.807) is 14.2 Å². The Hall–Kier alpha value is -2.14. The quantitative estimate of drug-likeness (QED) is 0.864. The van der Waals surface area contributed by atoms with Crippen LogP contribution in [0.3, 0.4) is 0 Å². The highest BCUT2D eigenvalue weighted by Gasteiger charge is 2.41. The summed E-state index contributed by atoms with van der Waals surface area (Å²) in [6.45, 7) is 2.83. The van der Waals surface area contributed by atoms with Crippen LogP contribution in [0.15, 0.2) is 24.4 Å². The Balaban J connectivity index is 1.66. The van der Waals surface area contributed by atoms with E-state index in [2.05, 4.69) is 20.9 Å². The molecule has 5 heteroatoms. The second-order valence-electron chi connectivity index (χ2n) is 6.60. The van der Waals surface area contributed by atoms with Gasteiger partial charge in [0.15, 0.2) is 11.5 Å². The standard InChI is InChI=1S/C19H23N3O2/c1-12-20-10-15-16(21-12)9-14-7-8-17(15)22(14)11-13-5-4-6-18(23-2)19(13)24-3/h4-6,10,14,17H,7-9,11H2,1-3H3/t14-,17-/m0/s1. The van der Waals surface area contributed by atoms with Crippen LogP contribution in [0, 0.1) is 6.92 Å². The van der Waals surface area contributed by atoms with Crippen LogP contribution < -0.4 is 9.47 Å². The molecule has 2 aliphatic heterocycles. The number of fused-ring (bicyclic) bond motifs is 4. The van der Waals surface area contributed by atoms with E-state index in [0.29, 0.717) is 12.1 Å². The first-order valence-electron chi connectivity index (χ1n) is 8.49. The van der Waals surface area contributed by atoms with E-state index in [0.717, 1.165) is 30.3 Å². The van der Waals surface area contributed by atoms with Crippen molar-refractivity contribution in [2.75, 3.05) is 14.2 Å². The van der Waals surface area contributed by atoms with Gasteiger partial charge in [-0.1, -0.05) is 12.1 Å². The van der Waals surface area contributed by atoms with Crippen molar-refractivity contribution in [2.45, 2.75) is 44.8 Å². The lowest BCUT2D eigenvalue weighted by Crippen LogP contribution is -2.37. The minimum atomic E-state index is 0.412. The topological polar surface area (TPSA) is 47.5 Å². The summed E-state index contributed by atoms with van der Waals surface area (Å²) >= 11 is 0. The molecule has 0 aliphatic carbocycles. The highest BCUT2D eigenvalue weighted by molar-refractivity contribution is 5.46. The van der Waals surface area contributed by atoms with Crippen LogP contribution in [-0.2, 0) is 13.0 Å². The normalized spacial score (nSPS) is 22.3. The molecule has 0 spiro atoms. The van der Waals surface area contributed by atoms with Crippen LogP contribution in [0.1, 0.15) is 41.5 Å². The predicted molar refractivity (Wildman–Crippen MR) is 91.3 cm³/mol. The number of para-hydroxylation sites is 1. The van der Waals surface area contributed by atoms with Gasteiger partial charge in [0.25, 0.3) is 0 Å². The fraction of sp³-hybridized carbons (Fsp3) is 0.474. The zero-order valence-corrected chi connectivity index (χ0v) is 14.5. The highest BCUT2D eigenvalue weighted by atomic mass is 16.5. The Morgan fingerprint density at radius 1 is 1.21 bits per heavy atom. The molecule has 0 N–H and O–H groups in total. The first kappa shape index (κ1) is 15.4. The molecular formula is C19H23N3O2. The zero-order chi connectivity index (χ0) is 16.7. The maximum absolute atomic E-state index is 5.61. The van der Waals surface area contributed by atoms with Gasteiger partial charge in [-0.3, -0.25) is 4.90 Å². The third-order valence-electron chi connectivity index (χ3n) is 5.29. The Morgan fingerprint density at radius 2 is 2.08 bits per heavy atom. The number of nitrogens with zero attached hydrogens (tertiary/aromatic N) is 3. The second-order valence-corrected chi connectivity index (χ2v) is 6.60. The van der Waals surface area contributed by atoms with Crippen LogP contribution in [0.25, 0.3) is 0 Å². The van der Waals surface area contributed by atoms with E-state index in [1.165, 1.54) is 29.7 Å². The van der Waals surface area contributed by atoms with Crippen molar-refractivity contribution in [3.05, 3.63) is 47.0 Å². The summed E-state index contributed by atoms with van der Waals surface area (Å²) in [4.78, 5) is 11.7. The molecule has 0 unspecified atom stereocenters. The number of hydrogen-bond acceptors (Lipinski definition) is 5. The molecule has 1 aromatic heterocycles. The smallest absolute Gasteiger partial charge is 0.165 e. The fourth-order valence-electron chi connectivity index (χ4n) is 4.20. The molecule has 0 amide bonds. The number of ether oxygens (including phenoxy) is 2. The molecule has 2 bridgehead atoms. The van der Waals surface area contributed by atoms with Crippen molar-refractivity contribution in [3.8, 4) is 11.5 Å². The van der Waals surface area contributed by atoms with Crippen molar-refractivity contribution in [2.24, 2.45) is 0 Å². The van der Waals surface area contributed by atoms with Crippen molar-refractivity contribution in [3.63, 3.8) is 0 Å². The monoisotopic (exact) mass is 325 g/mol. The van der Waals surface area contributed by atoms with E-state index in [4.69, 9.17) is 9.47 Å². The molecular weight excluding hydrogens is 302 g/mol. The molecule has 3 heterocycles. The predicted octanol–water partition coefficient (Wildman–Crippen LogP) is 3.06. The summed E-state index contributed by atoms with van der Waals surface area (Å²) in [5, 5.41) is 0. The summed E-state index contributed by atoms with van der Waals surface area (Å²) in [6, 6.07) is 7.06. The molecule has 1 fully saturated rings. The average Bonchev–Trinajstić information content (AvgIpc) is 2.87. The third kappa shape index (κ3) is 2.44. The first-order valence-corrected chi connectivity index (χ1v) is 8.49. The van der Waals surface area contributed by atoms with Gasteiger partial charge in [-0.15, -0.1) is 0 Å². The van der Waals surface area contributed by atoms with Gasteiger partial charge in [0.1, 0.15) is 5.82 Å². The maximum atomic E-state index is 5.61. The van der Waals surface area contributed by atoms with Crippen LogP contribution in [-0.4, -0.2) is 35.1 Å². The second kappa shape index (κ2) is 6.06. The van der Waals surface area contributed by atoms with Gasteiger partial charge in [0.2, 0.25) is 0 Å². The van der Waals surface area contributed by atoms with Gasteiger partial charge < -0.3 is 9.47 Å². The summed E-state index contributed by atoms with van der Waals surface area (Å²) in [5.41, 5.74) is 3.71. The number of benzene rings is 1. The average molecular weight is 325 g/mol. The molecule has 0 saturated carbocycles. The van der Waals surface area contributed by atoms with Crippen LogP contribution in [0.2, 0.25) is 0 Å². The van der Waals surface area contributed by atoms with Gasteiger partial charge in [0, 0.05) is 42.4 Å². The van der Waals surface area contributed by atoms with Crippen molar-refractivity contribution < 1.29 is 9.47 Å². The summed E-state index contributed by atoms with van der Waals surface area (Å²) < 4.78 is 11.0. The van der Waals surface area contributed by atoms with E-state index in [-0.39, 0.29) is 0 Å². The van der Waals surface area contributed by atoms with E-state index in [9.17, 15) is 0 Å². The molecule has 2 aromatic rings. The van der Waals surface area contributed by atoms with E-state index < -0.39 is 0 Å². The lowest BCUT2D eigenvalue weighted by Gasteiger charge is -2.36. The fourth-order valence-corrected chi connectivity index (χ4v) is 4.20. The lowest BCUT2D eigenvalue weighted by molar-refractivity contribution is 0.163. The molecule has 126 valence electrons. The van der Waals surface area contributed by atoms with Crippen LogP contribution in [0.5, 0.6) is 11.5 Å². The molecule has 0 radical (unpaired) electrons. The third-order valence-corrected chi connectivity index (χ3v) is 5.29. The molecule has 24 heavy (non-hydrogen) atoms. The Morgan fingerprint density at radius 3 is 2.88 bits per heavy atom. The van der Waals surface area contributed by atoms with E-state index >= 15 is 0 Å². The molecule has 2 atom stereocenters.